The number of fused-ring (bicyclic) bond motifs is 1. The number of hydrogen-bond acceptors (Lipinski definition) is 5. The van der Waals surface area contributed by atoms with Crippen molar-refractivity contribution in [3.63, 3.8) is 0 Å². The number of benzene rings is 1. The molecule has 0 aliphatic rings. The Balaban J connectivity index is 1.89. The fourth-order valence-electron chi connectivity index (χ4n) is 3.29. The van der Waals surface area contributed by atoms with Gasteiger partial charge in [0.15, 0.2) is 0 Å². The lowest BCUT2D eigenvalue weighted by atomic mass is 10.1. The normalized spacial score (nSPS) is 11.2. The molecule has 6 nitrogen and oxygen atoms in total. The van der Waals surface area contributed by atoms with Gasteiger partial charge < -0.3 is 5.73 Å². The largest absolute Gasteiger partial charge is 0.368 e. The maximum atomic E-state index is 5.92. The van der Waals surface area contributed by atoms with Crippen molar-refractivity contribution in [3.8, 4) is 11.3 Å². The smallest absolute Gasteiger partial charge is 0.220 e. The Morgan fingerprint density at radius 3 is 2.42 bits per heavy atom. The zero-order chi connectivity index (χ0) is 18.3. The molecule has 0 saturated carbocycles. The van der Waals surface area contributed by atoms with E-state index in [0.717, 1.165) is 44.9 Å². The molecule has 3 aromatic heterocycles. The maximum Gasteiger partial charge on any atom is 0.220 e. The highest BCUT2D eigenvalue weighted by atomic mass is 15.3. The fourth-order valence-corrected chi connectivity index (χ4v) is 3.29. The predicted octanol–water partition coefficient (Wildman–Crippen LogP) is 3.22. The summed E-state index contributed by atoms with van der Waals surface area (Å²) >= 11 is 0. The van der Waals surface area contributed by atoms with Crippen LogP contribution in [0.4, 0.5) is 5.95 Å². The molecule has 3 heterocycles. The van der Waals surface area contributed by atoms with E-state index in [0.29, 0.717) is 6.42 Å². The van der Waals surface area contributed by atoms with E-state index >= 15 is 0 Å². The third-order valence-corrected chi connectivity index (χ3v) is 4.61. The van der Waals surface area contributed by atoms with Crippen LogP contribution >= 0.6 is 0 Å². The van der Waals surface area contributed by atoms with E-state index in [2.05, 4.69) is 27.2 Å². The van der Waals surface area contributed by atoms with Crippen LogP contribution in [0.1, 0.15) is 22.6 Å². The second-order valence-electron chi connectivity index (χ2n) is 6.42. The lowest BCUT2D eigenvalue weighted by Gasteiger charge is -2.09. The summed E-state index contributed by atoms with van der Waals surface area (Å²) < 4.78 is 1.88. The van der Waals surface area contributed by atoms with Gasteiger partial charge in [-0.3, -0.25) is 4.68 Å². The van der Waals surface area contributed by atoms with Crippen LogP contribution in [0.2, 0.25) is 0 Å². The average Bonchev–Trinajstić information content (AvgIpc) is 2.88. The van der Waals surface area contributed by atoms with Crippen molar-refractivity contribution in [1.29, 1.82) is 0 Å². The number of nitrogens with two attached hydrogens (primary N) is 1. The first kappa shape index (κ1) is 16.2. The van der Waals surface area contributed by atoms with Crippen LogP contribution in [0.15, 0.2) is 42.5 Å². The summed E-state index contributed by atoms with van der Waals surface area (Å²) in [5.41, 5.74) is 13.4. The first-order valence-corrected chi connectivity index (χ1v) is 8.50. The molecule has 0 spiro atoms. The molecule has 0 radical (unpaired) electrons. The van der Waals surface area contributed by atoms with E-state index in [1.54, 1.807) is 0 Å². The number of aromatic nitrogens is 5. The number of anilines is 1. The molecule has 130 valence electrons. The number of nitrogens with zero attached hydrogens (tertiary/aromatic N) is 5. The van der Waals surface area contributed by atoms with Crippen LogP contribution in [0.5, 0.6) is 0 Å². The summed E-state index contributed by atoms with van der Waals surface area (Å²) in [5.74, 6) is 0.270. The van der Waals surface area contributed by atoms with Crippen molar-refractivity contribution in [2.45, 2.75) is 20.3 Å². The third-order valence-electron chi connectivity index (χ3n) is 4.61. The summed E-state index contributed by atoms with van der Waals surface area (Å²) in [5, 5.41) is 4.50. The topological polar surface area (TPSA) is 82.5 Å². The van der Waals surface area contributed by atoms with Crippen LogP contribution in [-0.2, 0) is 13.5 Å². The Labute approximate surface area is 151 Å². The zero-order valence-corrected chi connectivity index (χ0v) is 15.1. The van der Waals surface area contributed by atoms with Crippen LogP contribution in [-0.4, -0.2) is 24.7 Å². The van der Waals surface area contributed by atoms with Gasteiger partial charge in [-0.2, -0.15) is 5.10 Å². The lowest BCUT2D eigenvalue weighted by Crippen LogP contribution is -2.03. The van der Waals surface area contributed by atoms with Gasteiger partial charge in [-0.05, 0) is 31.5 Å². The van der Waals surface area contributed by atoms with Gasteiger partial charge in [0.25, 0.3) is 0 Å². The zero-order valence-electron chi connectivity index (χ0n) is 15.1. The van der Waals surface area contributed by atoms with Crippen LogP contribution in [0.3, 0.4) is 0 Å². The Kier molecular flexibility index (Phi) is 3.88. The van der Waals surface area contributed by atoms with Crippen molar-refractivity contribution in [1.82, 2.24) is 24.7 Å². The molecule has 0 aliphatic carbocycles. The molecule has 2 N–H and O–H groups in total. The molecule has 0 atom stereocenters. The number of rotatable bonds is 3. The summed E-state index contributed by atoms with van der Waals surface area (Å²) in [6.45, 7) is 4.05. The van der Waals surface area contributed by atoms with Crippen LogP contribution in [0, 0.1) is 13.8 Å². The van der Waals surface area contributed by atoms with Gasteiger partial charge in [0.2, 0.25) is 5.95 Å². The fraction of sp³-hybridized carbons (Fsp3) is 0.200. The van der Waals surface area contributed by atoms with Crippen molar-refractivity contribution in [3.05, 3.63) is 65.1 Å². The maximum absolute atomic E-state index is 5.92. The highest BCUT2D eigenvalue weighted by molar-refractivity contribution is 5.82. The van der Waals surface area contributed by atoms with Crippen molar-refractivity contribution in [2.24, 2.45) is 7.05 Å². The summed E-state index contributed by atoms with van der Waals surface area (Å²) in [4.78, 5) is 13.7. The van der Waals surface area contributed by atoms with Crippen molar-refractivity contribution >= 4 is 17.0 Å². The van der Waals surface area contributed by atoms with E-state index in [-0.39, 0.29) is 5.95 Å². The SMILES string of the molecule is Cc1nn(C)c(C)c1-c1ccc2nc(N)nc(Cc3ccccc3)c2n1. The van der Waals surface area contributed by atoms with Crippen molar-refractivity contribution < 1.29 is 0 Å². The minimum Gasteiger partial charge on any atom is -0.368 e. The Hall–Kier alpha value is -3.28. The first-order chi connectivity index (χ1) is 12.5. The van der Waals surface area contributed by atoms with Crippen molar-refractivity contribution in [2.75, 3.05) is 5.73 Å². The molecule has 0 fully saturated rings. The van der Waals surface area contributed by atoms with Gasteiger partial charge in [0.1, 0.15) is 5.52 Å². The van der Waals surface area contributed by atoms with Gasteiger partial charge in [-0.15, -0.1) is 0 Å². The molecule has 0 unspecified atom stereocenters. The molecule has 4 rings (SSSR count). The monoisotopic (exact) mass is 344 g/mol. The van der Waals surface area contributed by atoms with Gasteiger partial charge >= 0.3 is 0 Å². The van der Waals surface area contributed by atoms with E-state index < -0.39 is 0 Å². The summed E-state index contributed by atoms with van der Waals surface area (Å²) in [6, 6.07) is 14.1. The number of hydrogen-bond donors (Lipinski definition) is 1. The highest BCUT2D eigenvalue weighted by Gasteiger charge is 2.15. The first-order valence-electron chi connectivity index (χ1n) is 8.50. The summed E-state index contributed by atoms with van der Waals surface area (Å²) in [7, 11) is 1.94. The van der Waals surface area contributed by atoms with Gasteiger partial charge in [-0.1, -0.05) is 30.3 Å². The minimum absolute atomic E-state index is 0.270. The molecular weight excluding hydrogens is 324 g/mol. The molecule has 0 saturated heterocycles. The van der Waals surface area contributed by atoms with E-state index in [1.807, 2.05) is 55.9 Å². The Morgan fingerprint density at radius 2 is 1.73 bits per heavy atom. The van der Waals surface area contributed by atoms with E-state index in [1.165, 1.54) is 0 Å². The third kappa shape index (κ3) is 2.79. The molecule has 0 aliphatic heterocycles. The minimum atomic E-state index is 0.270. The average molecular weight is 344 g/mol. The highest BCUT2D eigenvalue weighted by Crippen LogP contribution is 2.27. The quantitative estimate of drug-likeness (QED) is 0.617. The van der Waals surface area contributed by atoms with Crippen LogP contribution < -0.4 is 5.73 Å². The summed E-state index contributed by atoms with van der Waals surface area (Å²) in [6.07, 6.45) is 0.658. The molecule has 0 amide bonds. The number of nitrogen functional groups attached to an aromatic ring is 1. The van der Waals surface area contributed by atoms with E-state index in [4.69, 9.17) is 10.7 Å². The van der Waals surface area contributed by atoms with Crippen LogP contribution in [0.25, 0.3) is 22.3 Å². The number of aryl methyl sites for hydroxylation is 2. The Morgan fingerprint density at radius 1 is 0.962 bits per heavy atom. The molecule has 6 heteroatoms. The van der Waals surface area contributed by atoms with Gasteiger partial charge in [-0.25, -0.2) is 15.0 Å². The molecule has 1 aromatic carbocycles. The molecule has 26 heavy (non-hydrogen) atoms. The second-order valence-corrected chi connectivity index (χ2v) is 6.42. The second kappa shape index (κ2) is 6.22. The predicted molar refractivity (Wildman–Crippen MR) is 103 cm³/mol. The Bertz CT molecular complexity index is 1100. The lowest BCUT2D eigenvalue weighted by molar-refractivity contribution is 0.731. The standard InChI is InChI=1S/C20H20N6/c1-12-18(13(2)26(3)25-12)15-9-10-16-19(22-15)17(24-20(21)23-16)11-14-7-5-4-6-8-14/h4-10H,11H2,1-3H3,(H2,21,23,24). The molecular formula is C20H20N6. The van der Waals surface area contributed by atoms with Gasteiger partial charge in [0, 0.05) is 24.7 Å². The van der Waals surface area contributed by atoms with Gasteiger partial charge in [0.05, 0.1) is 22.6 Å². The molecule has 0 bridgehead atoms. The number of pyridine rings is 1. The van der Waals surface area contributed by atoms with E-state index in [9.17, 15) is 0 Å². The molecule has 4 aromatic rings.